The second-order valence-electron chi connectivity index (χ2n) is 10.4. The van der Waals surface area contributed by atoms with Gasteiger partial charge in [-0.25, -0.2) is 4.98 Å². The Morgan fingerprint density at radius 3 is 2.67 bits per heavy atom. The lowest BCUT2D eigenvalue weighted by Gasteiger charge is -2.20. The first-order chi connectivity index (χ1) is 17.6. The fourth-order valence-electron chi connectivity index (χ4n) is 5.39. The van der Waals surface area contributed by atoms with Gasteiger partial charge in [0, 0.05) is 25.4 Å². The van der Waals surface area contributed by atoms with Gasteiger partial charge in [0.2, 0.25) is 5.91 Å². The van der Waals surface area contributed by atoms with Crippen LogP contribution < -0.4 is 10.1 Å². The van der Waals surface area contributed by atoms with Gasteiger partial charge in [-0.3, -0.25) is 4.79 Å². The van der Waals surface area contributed by atoms with Gasteiger partial charge in [-0.2, -0.15) is 0 Å². The highest BCUT2D eigenvalue weighted by molar-refractivity contribution is 5.78. The van der Waals surface area contributed by atoms with Crippen LogP contribution in [0.5, 0.6) is 5.75 Å². The zero-order valence-electron chi connectivity index (χ0n) is 22.2. The Hall–Kier alpha value is -2.82. The molecule has 1 fully saturated rings. The quantitative estimate of drug-likeness (QED) is 0.265. The van der Waals surface area contributed by atoms with Crippen LogP contribution in [-0.2, 0) is 17.8 Å². The molecule has 1 amide bonds. The first-order valence-corrected chi connectivity index (χ1v) is 14.0. The van der Waals surface area contributed by atoms with E-state index in [1.165, 1.54) is 41.7 Å². The van der Waals surface area contributed by atoms with Gasteiger partial charge in [-0.1, -0.05) is 55.5 Å². The summed E-state index contributed by atoms with van der Waals surface area (Å²) in [7, 11) is 0. The Labute approximate surface area is 216 Å². The number of rotatable bonds is 13. The smallest absolute Gasteiger partial charge is 0.223 e. The molecule has 0 saturated heterocycles. The number of imidazole rings is 1. The number of carbonyl (C=O) groups excluding carboxylic acids is 1. The minimum Gasteiger partial charge on any atom is -0.493 e. The Morgan fingerprint density at radius 1 is 1.00 bits per heavy atom. The van der Waals surface area contributed by atoms with E-state index < -0.39 is 0 Å². The van der Waals surface area contributed by atoms with Crippen molar-refractivity contribution in [3.8, 4) is 5.75 Å². The van der Waals surface area contributed by atoms with E-state index in [1.54, 1.807) is 0 Å². The van der Waals surface area contributed by atoms with Crippen molar-refractivity contribution in [2.45, 2.75) is 91.0 Å². The van der Waals surface area contributed by atoms with Crippen LogP contribution in [-0.4, -0.2) is 28.6 Å². The highest BCUT2D eigenvalue weighted by atomic mass is 16.5. The van der Waals surface area contributed by atoms with Crippen LogP contribution in [0.2, 0.25) is 0 Å². The molecule has 4 rings (SSSR count). The lowest BCUT2D eigenvalue weighted by atomic mass is 9.89. The standard InChI is InChI=1S/C31H43N3O2/c1-24-18-19-29(25(2)23-24)36-22-12-11-21-34-28-16-9-8-15-27(28)33-30(34)17-7-4-10-20-32-31(35)26-13-5-3-6-14-26/h8-9,15-16,18-19,23,26H,3-7,10-14,17,20-22H2,1-2H3,(H,32,35). The van der Waals surface area contributed by atoms with Crippen LogP contribution in [0.15, 0.2) is 42.5 Å². The number of ether oxygens (including phenoxy) is 1. The first kappa shape index (κ1) is 26.2. The average Bonchev–Trinajstić information content (AvgIpc) is 3.24. The molecule has 0 aliphatic heterocycles. The Balaban J connectivity index is 1.20. The highest BCUT2D eigenvalue weighted by Gasteiger charge is 2.20. The summed E-state index contributed by atoms with van der Waals surface area (Å²) in [6, 6.07) is 14.8. The molecule has 0 bridgehead atoms. The summed E-state index contributed by atoms with van der Waals surface area (Å²) in [5, 5.41) is 3.17. The maximum Gasteiger partial charge on any atom is 0.223 e. The van der Waals surface area contributed by atoms with Gasteiger partial charge in [0.25, 0.3) is 0 Å². The SMILES string of the molecule is Cc1ccc(OCCCCn2c(CCCCCNC(=O)C3CCCCC3)nc3ccccc32)c(C)c1. The van der Waals surface area contributed by atoms with Gasteiger partial charge < -0.3 is 14.6 Å². The number of unbranched alkanes of at least 4 members (excludes halogenated alkanes) is 3. The maximum atomic E-state index is 12.3. The summed E-state index contributed by atoms with van der Waals surface area (Å²) in [4.78, 5) is 17.3. The van der Waals surface area contributed by atoms with Crippen molar-refractivity contribution in [2.75, 3.05) is 13.2 Å². The molecule has 0 radical (unpaired) electrons. The van der Waals surface area contributed by atoms with Gasteiger partial charge in [0.1, 0.15) is 11.6 Å². The van der Waals surface area contributed by atoms with Crippen molar-refractivity contribution in [3.05, 3.63) is 59.4 Å². The monoisotopic (exact) mass is 489 g/mol. The van der Waals surface area contributed by atoms with Crippen LogP contribution in [0, 0.1) is 19.8 Å². The molecule has 1 N–H and O–H groups in total. The van der Waals surface area contributed by atoms with E-state index in [1.807, 2.05) is 0 Å². The number of amides is 1. The predicted octanol–water partition coefficient (Wildman–Crippen LogP) is 6.92. The number of nitrogens with one attached hydrogen (secondary N) is 1. The molecule has 0 unspecified atom stereocenters. The van der Waals surface area contributed by atoms with E-state index in [0.717, 1.165) is 82.3 Å². The predicted molar refractivity (Wildman–Crippen MR) is 148 cm³/mol. The molecule has 1 heterocycles. The van der Waals surface area contributed by atoms with Crippen LogP contribution in [0.25, 0.3) is 11.0 Å². The Bertz CT molecular complexity index is 1110. The molecule has 5 heteroatoms. The lowest BCUT2D eigenvalue weighted by molar-refractivity contribution is -0.125. The molecule has 5 nitrogen and oxygen atoms in total. The van der Waals surface area contributed by atoms with Gasteiger partial charge in [-0.15, -0.1) is 0 Å². The molecular formula is C31H43N3O2. The molecule has 36 heavy (non-hydrogen) atoms. The number of nitrogens with zero attached hydrogens (tertiary/aromatic N) is 2. The zero-order valence-corrected chi connectivity index (χ0v) is 22.2. The Kier molecular flexibility index (Phi) is 9.83. The number of aryl methyl sites for hydroxylation is 4. The van der Waals surface area contributed by atoms with Crippen molar-refractivity contribution in [1.29, 1.82) is 0 Å². The number of benzene rings is 2. The molecule has 1 aliphatic carbocycles. The largest absolute Gasteiger partial charge is 0.493 e. The van der Waals surface area contributed by atoms with Crippen molar-refractivity contribution in [2.24, 2.45) is 5.92 Å². The molecular weight excluding hydrogens is 446 g/mol. The summed E-state index contributed by atoms with van der Waals surface area (Å²) in [5.41, 5.74) is 4.77. The highest BCUT2D eigenvalue weighted by Crippen LogP contribution is 2.24. The maximum absolute atomic E-state index is 12.3. The summed E-state index contributed by atoms with van der Waals surface area (Å²) >= 11 is 0. The second kappa shape index (κ2) is 13.5. The normalized spacial score (nSPS) is 14.3. The van der Waals surface area contributed by atoms with Crippen LogP contribution >= 0.6 is 0 Å². The van der Waals surface area contributed by atoms with Gasteiger partial charge in [0.15, 0.2) is 0 Å². The first-order valence-electron chi connectivity index (χ1n) is 14.0. The molecule has 1 aromatic heterocycles. The van der Waals surface area contributed by atoms with E-state index in [-0.39, 0.29) is 11.8 Å². The van der Waals surface area contributed by atoms with Crippen LogP contribution in [0.4, 0.5) is 0 Å². The van der Waals surface area contributed by atoms with Crippen LogP contribution in [0.1, 0.15) is 81.2 Å². The summed E-state index contributed by atoms with van der Waals surface area (Å²) in [6.07, 6.45) is 12.1. The number of fused-ring (bicyclic) bond motifs is 1. The van der Waals surface area contributed by atoms with Gasteiger partial charge >= 0.3 is 0 Å². The van der Waals surface area contributed by atoms with Crippen molar-refractivity contribution < 1.29 is 9.53 Å². The third-order valence-electron chi connectivity index (χ3n) is 7.45. The summed E-state index contributed by atoms with van der Waals surface area (Å²) in [5.74, 6) is 2.70. The number of hydrogen-bond acceptors (Lipinski definition) is 3. The molecule has 1 aliphatic rings. The number of para-hydroxylation sites is 2. The lowest BCUT2D eigenvalue weighted by Crippen LogP contribution is -2.32. The second-order valence-corrected chi connectivity index (χ2v) is 10.4. The van der Waals surface area contributed by atoms with Gasteiger partial charge in [0.05, 0.1) is 17.6 Å². The minimum atomic E-state index is 0.255. The van der Waals surface area contributed by atoms with Crippen molar-refractivity contribution >= 4 is 16.9 Å². The van der Waals surface area contributed by atoms with E-state index in [2.05, 4.69) is 66.2 Å². The van der Waals surface area contributed by atoms with Crippen molar-refractivity contribution in [3.63, 3.8) is 0 Å². The number of carbonyl (C=O) groups is 1. The topological polar surface area (TPSA) is 56.1 Å². The molecule has 194 valence electrons. The fourth-order valence-corrected chi connectivity index (χ4v) is 5.39. The number of hydrogen-bond donors (Lipinski definition) is 1. The molecule has 0 spiro atoms. The zero-order chi connectivity index (χ0) is 25.2. The minimum absolute atomic E-state index is 0.255. The van der Waals surface area contributed by atoms with E-state index >= 15 is 0 Å². The van der Waals surface area contributed by atoms with E-state index in [9.17, 15) is 4.79 Å². The van der Waals surface area contributed by atoms with E-state index in [4.69, 9.17) is 9.72 Å². The van der Waals surface area contributed by atoms with Crippen molar-refractivity contribution in [1.82, 2.24) is 14.9 Å². The van der Waals surface area contributed by atoms with E-state index in [0.29, 0.717) is 0 Å². The fraction of sp³-hybridized carbons (Fsp3) is 0.548. The molecule has 1 saturated carbocycles. The number of aromatic nitrogens is 2. The molecule has 2 aromatic carbocycles. The van der Waals surface area contributed by atoms with Gasteiger partial charge in [-0.05, 0) is 76.1 Å². The molecule has 3 aromatic rings. The Morgan fingerprint density at radius 2 is 1.83 bits per heavy atom. The third-order valence-corrected chi connectivity index (χ3v) is 7.45. The summed E-state index contributed by atoms with van der Waals surface area (Å²) in [6.45, 7) is 6.71. The molecule has 0 atom stereocenters. The summed E-state index contributed by atoms with van der Waals surface area (Å²) < 4.78 is 8.43. The third kappa shape index (κ3) is 7.35. The van der Waals surface area contributed by atoms with Crippen LogP contribution in [0.3, 0.4) is 0 Å². The average molecular weight is 490 g/mol.